The SMILES string of the molecule is CC(C)(C)OC(=O)N1CCCCC1CNc1nc2ccccc2n1Cc1ccc(Cl)c(Cl)c1. The zero-order chi connectivity index (χ0) is 23.6. The van der Waals surface area contributed by atoms with Gasteiger partial charge in [-0.05, 0) is 69.9 Å². The van der Waals surface area contributed by atoms with E-state index in [1.54, 1.807) is 0 Å². The lowest BCUT2D eigenvalue weighted by atomic mass is 10.0. The number of fused-ring (bicyclic) bond motifs is 1. The molecule has 176 valence electrons. The zero-order valence-electron chi connectivity index (χ0n) is 19.3. The molecule has 0 saturated carbocycles. The standard InChI is InChI=1S/C25H30Cl2N4O2/c1-25(2,3)33-24(32)30-13-7-6-8-18(30)15-28-23-29-21-9-4-5-10-22(21)31(23)16-17-11-12-19(26)20(27)14-17/h4-5,9-12,14,18H,6-8,13,15-16H2,1-3H3,(H,28,29). The van der Waals surface area contributed by atoms with Crippen molar-refractivity contribution >= 4 is 46.3 Å². The van der Waals surface area contributed by atoms with E-state index in [0.717, 1.165) is 41.8 Å². The van der Waals surface area contributed by atoms with Gasteiger partial charge in [0.15, 0.2) is 0 Å². The van der Waals surface area contributed by atoms with Crippen LogP contribution in [0.3, 0.4) is 0 Å². The van der Waals surface area contributed by atoms with Crippen molar-refractivity contribution in [2.24, 2.45) is 0 Å². The summed E-state index contributed by atoms with van der Waals surface area (Å²) in [6, 6.07) is 13.8. The highest BCUT2D eigenvalue weighted by Crippen LogP contribution is 2.27. The molecule has 1 aliphatic heterocycles. The van der Waals surface area contributed by atoms with Crippen LogP contribution in [-0.4, -0.2) is 45.3 Å². The van der Waals surface area contributed by atoms with E-state index < -0.39 is 5.60 Å². The monoisotopic (exact) mass is 488 g/mol. The van der Waals surface area contributed by atoms with Crippen LogP contribution in [-0.2, 0) is 11.3 Å². The summed E-state index contributed by atoms with van der Waals surface area (Å²) >= 11 is 12.3. The Morgan fingerprint density at radius 1 is 1.15 bits per heavy atom. The van der Waals surface area contributed by atoms with Crippen molar-refractivity contribution < 1.29 is 9.53 Å². The van der Waals surface area contributed by atoms with Crippen molar-refractivity contribution in [1.82, 2.24) is 14.5 Å². The third-order valence-electron chi connectivity index (χ3n) is 5.73. The van der Waals surface area contributed by atoms with E-state index in [1.807, 2.05) is 62.1 Å². The predicted octanol–water partition coefficient (Wildman–Crippen LogP) is 6.59. The van der Waals surface area contributed by atoms with Crippen LogP contribution in [0.15, 0.2) is 42.5 Å². The van der Waals surface area contributed by atoms with Gasteiger partial charge >= 0.3 is 6.09 Å². The second kappa shape index (κ2) is 9.82. The van der Waals surface area contributed by atoms with Crippen LogP contribution in [0.25, 0.3) is 11.0 Å². The van der Waals surface area contributed by atoms with Crippen LogP contribution < -0.4 is 5.32 Å². The number of nitrogens with zero attached hydrogens (tertiary/aromatic N) is 3. The van der Waals surface area contributed by atoms with E-state index >= 15 is 0 Å². The first-order valence-electron chi connectivity index (χ1n) is 11.3. The molecule has 1 saturated heterocycles. The molecule has 4 rings (SSSR count). The highest BCUT2D eigenvalue weighted by atomic mass is 35.5. The minimum Gasteiger partial charge on any atom is -0.444 e. The Morgan fingerprint density at radius 3 is 2.70 bits per heavy atom. The number of halogens is 2. The predicted molar refractivity (Wildman–Crippen MR) is 134 cm³/mol. The van der Waals surface area contributed by atoms with Gasteiger partial charge in [-0.2, -0.15) is 0 Å². The summed E-state index contributed by atoms with van der Waals surface area (Å²) < 4.78 is 7.78. The van der Waals surface area contributed by atoms with Crippen molar-refractivity contribution in [3.63, 3.8) is 0 Å². The molecule has 2 aromatic carbocycles. The highest BCUT2D eigenvalue weighted by Gasteiger charge is 2.30. The largest absolute Gasteiger partial charge is 0.444 e. The number of ether oxygens (including phenoxy) is 1. The minimum atomic E-state index is -0.514. The first-order valence-corrected chi connectivity index (χ1v) is 12.1. The second-order valence-electron chi connectivity index (χ2n) is 9.46. The van der Waals surface area contributed by atoms with Gasteiger partial charge in [-0.15, -0.1) is 0 Å². The Hall–Kier alpha value is -2.44. The Balaban J connectivity index is 1.56. The first-order chi connectivity index (χ1) is 15.7. The van der Waals surface area contributed by atoms with E-state index in [-0.39, 0.29) is 12.1 Å². The van der Waals surface area contributed by atoms with Crippen LogP contribution in [0.4, 0.5) is 10.7 Å². The number of anilines is 1. The van der Waals surface area contributed by atoms with E-state index in [1.165, 1.54) is 0 Å². The maximum atomic E-state index is 12.8. The number of rotatable bonds is 5. The van der Waals surface area contributed by atoms with Gasteiger partial charge in [0.2, 0.25) is 5.95 Å². The summed E-state index contributed by atoms with van der Waals surface area (Å²) in [5, 5.41) is 4.58. The van der Waals surface area contributed by atoms with Gasteiger partial charge in [-0.3, -0.25) is 0 Å². The maximum absolute atomic E-state index is 12.8. The Bertz CT molecular complexity index is 1140. The summed E-state index contributed by atoms with van der Waals surface area (Å²) in [6.45, 7) is 7.60. The zero-order valence-corrected chi connectivity index (χ0v) is 20.8. The second-order valence-corrected chi connectivity index (χ2v) is 10.3. The van der Waals surface area contributed by atoms with Crippen LogP contribution in [0, 0.1) is 0 Å². The molecule has 33 heavy (non-hydrogen) atoms. The molecular formula is C25H30Cl2N4O2. The number of carbonyl (C=O) groups excluding carboxylic acids is 1. The molecule has 0 spiro atoms. The number of aromatic nitrogens is 2. The maximum Gasteiger partial charge on any atom is 0.410 e. The number of piperidine rings is 1. The van der Waals surface area contributed by atoms with Gasteiger partial charge < -0.3 is 19.5 Å². The number of imidazole rings is 1. The van der Waals surface area contributed by atoms with Crippen molar-refractivity contribution in [2.45, 2.75) is 58.2 Å². The minimum absolute atomic E-state index is 0.0480. The molecular weight excluding hydrogens is 459 g/mol. The average Bonchev–Trinajstić information content (AvgIpc) is 3.11. The fourth-order valence-corrected chi connectivity index (χ4v) is 4.49. The molecule has 1 fully saturated rings. The third-order valence-corrected chi connectivity index (χ3v) is 6.47. The number of para-hydroxylation sites is 2. The molecule has 1 aromatic heterocycles. The lowest BCUT2D eigenvalue weighted by Crippen LogP contribution is -2.49. The number of amides is 1. The molecule has 1 atom stereocenters. The lowest BCUT2D eigenvalue weighted by molar-refractivity contribution is 0.0114. The van der Waals surface area contributed by atoms with Gasteiger partial charge in [0.1, 0.15) is 5.60 Å². The van der Waals surface area contributed by atoms with E-state index in [2.05, 4.69) is 16.0 Å². The average molecular weight is 489 g/mol. The molecule has 1 aliphatic rings. The smallest absolute Gasteiger partial charge is 0.410 e. The van der Waals surface area contributed by atoms with E-state index in [4.69, 9.17) is 32.9 Å². The molecule has 8 heteroatoms. The number of benzene rings is 2. The third kappa shape index (κ3) is 5.74. The molecule has 3 aromatic rings. The fourth-order valence-electron chi connectivity index (χ4n) is 4.17. The summed E-state index contributed by atoms with van der Waals surface area (Å²) in [4.78, 5) is 19.5. The normalized spacial score (nSPS) is 16.8. The Labute approximate surface area is 204 Å². The quantitative estimate of drug-likeness (QED) is 0.439. The number of likely N-dealkylation sites (tertiary alicyclic amines) is 1. The van der Waals surface area contributed by atoms with E-state index in [9.17, 15) is 4.79 Å². The van der Waals surface area contributed by atoms with Gasteiger partial charge in [0.25, 0.3) is 0 Å². The van der Waals surface area contributed by atoms with Gasteiger partial charge in [0.05, 0.1) is 33.7 Å². The Morgan fingerprint density at radius 2 is 1.94 bits per heavy atom. The van der Waals surface area contributed by atoms with Crippen molar-refractivity contribution in [1.29, 1.82) is 0 Å². The van der Waals surface area contributed by atoms with Gasteiger partial charge in [-0.1, -0.05) is 41.4 Å². The van der Waals surface area contributed by atoms with Crippen LogP contribution in [0.2, 0.25) is 10.0 Å². The molecule has 6 nitrogen and oxygen atoms in total. The fraction of sp³-hybridized carbons (Fsp3) is 0.440. The van der Waals surface area contributed by atoms with Crippen molar-refractivity contribution in [3.8, 4) is 0 Å². The lowest BCUT2D eigenvalue weighted by Gasteiger charge is -2.36. The van der Waals surface area contributed by atoms with Gasteiger partial charge in [-0.25, -0.2) is 9.78 Å². The summed E-state index contributed by atoms with van der Waals surface area (Å²) in [6.07, 6.45) is 2.76. The Kier molecular flexibility index (Phi) is 7.05. The van der Waals surface area contributed by atoms with E-state index in [0.29, 0.717) is 29.7 Å². The van der Waals surface area contributed by atoms with Crippen LogP contribution in [0.5, 0.6) is 0 Å². The first kappa shape index (κ1) is 23.7. The van der Waals surface area contributed by atoms with Crippen LogP contribution >= 0.6 is 23.2 Å². The highest BCUT2D eigenvalue weighted by molar-refractivity contribution is 6.42. The number of hydrogen-bond acceptors (Lipinski definition) is 4. The molecule has 0 radical (unpaired) electrons. The van der Waals surface area contributed by atoms with Crippen LogP contribution in [0.1, 0.15) is 45.6 Å². The van der Waals surface area contributed by atoms with Crippen molar-refractivity contribution in [3.05, 3.63) is 58.1 Å². The summed E-state index contributed by atoms with van der Waals surface area (Å²) in [7, 11) is 0. The van der Waals surface area contributed by atoms with Gasteiger partial charge in [0, 0.05) is 13.1 Å². The molecule has 1 amide bonds. The summed E-state index contributed by atoms with van der Waals surface area (Å²) in [5.41, 5.74) is 2.45. The molecule has 0 aliphatic carbocycles. The summed E-state index contributed by atoms with van der Waals surface area (Å²) in [5.74, 6) is 0.761. The topological polar surface area (TPSA) is 59.4 Å². The number of carbonyl (C=O) groups is 1. The van der Waals surface area contributed by atoms with Crippen molar-refractivity contribution in [2.75, 3.05) is 18.4 Å². The molecule has 2 heterocycles. The molecule has 1 N–H and O–H groups in total. The molecule has 0 bridgehead atoms. The molecule has 1 unspecified atom stereocenters. The number of hydrogen-bond donors (Lipinski definition) is 1. The number of nitrogens with one attached hydrogen (secondary N) is 1.